The summed E-state index contributed by atoms with van der Waals surface area (Å²) in [6.07, 6.45) is 9.49. The van der Waals surface area contributed by atoms with E-state index >= 15 is 0 Å². The van der Waals surface area contributed by atoms with Crippen LogP contribution in [-0.4, -0.2) is 23.1 Å². The highest BCUT2D eigenvalue weighted by Crippen LogP contribution is 2.46. The number of fused-ring (bicyclic) bond motifs is 3. The van der Waals surface area contributed by atoms with Gasteiger partial charge in [0.15, 0.2) is 0 Å². The smallest absolute Gasteiger partial charge is 0.130 e. The molecular weight excluding hydrogens is 502 g/mol. The Bertz CT molecular complexity index is 1080. The average molecular weight is 532 g/mol. The van der Waals surface area contributed by atoms with Crippen LogP contribution in [-0.2, 0) is 10.1 Å². The van der Waals surface area contributed by atoms with Gasteiger partial charge in [-0.25, -0.2) is 4.39 Å². The Morgan fingerprint density at radius 1 is 1.06 bits per heavy atom. The molecule has 1 atom stereocenters. The number of alkyl halides is 1. The number of nitrogens with zero attached hydrogens (tertiary/aromatic N) is 2. The summed E-state index contributed by atoms with van der Waals surface area (Å²) in [7, 11) is 1.70. The number of benzene rings is 2. The van der Waals surface area contributed by atoms with Crippen LogP contribution in [0, 0.1) is 5.82 Å². The van der Waals surface area contributed by atoms with E-state index in [1.165, 1.54) is 54.5 Å². The van der Waals surface area contributed by atoms with E-state index in [0.717, 1.165) is 23.4 Å². The predicted molar refractivity (Wildman–Crippen MR) is 135 cm³/mol. The number of methoxy groups -OCH3 is 1. The predicted octanol–water partition coefficient (Wildman–Crippen LogP) is 7.31. The van der Waals surface area contributed by atoms with Crippen LogP contribution in [0.4, 0.5) is 4.39 Å². The van der Waals surface area contributed by atoms with E-state index in [1.54, 1.807) is 7.11 Å². The third kappa shape index (κ3) is 4.34. The molecule has 1 aromatic heterocycles. The molecular formula is C26H30FIN2O. The molecule has 1 unspecified atom stereocenters. The Balaban J connectivity index is 1.80. The van der Waals surface area contributed by atoms with Gasteiger partial charge in [-0.05, 0) is 71.8 Å². The van der Waals surface area contributed by atoms with Crippen molar-refractivity contribution in [3.63, 3.8) is 0 Å². The summed E-state index contributed by atoms with van der Waals surface area (Å²) in [5.41, 5.74) is 4.79. The number of ether oxygens (including phenoxy) is 1. The fourth-order valence-electron chi connectivity index (χ4n) is 4.51. The third-order valence-corrected chi connectivity index (χ3v) is 7.34. The van der Waals surface area contributed by atoms with E-state index in [4.69, 9.17) is 4.74 Å². The van der Waals surface area contributed by atoms with Crippen LogP contribution < -0.4 is 4.74 Å². The minimum Gasteiger partial charge on any atom is -0.497 e. The first-order valence-corrected chi connectivity index (χ1v) is 12.1. The molecule has 1 aliphatic rings. The quantitative estimate of drug-likeness (QED) is 0.131. The molecule has 2 aromatic carbocycles. The molecule has 0 aliphatic carbocycles. The highest BCUT2D eigenvalue weighted by molar-refractivity contribution is 14.1. The summed E-state index contributed by atoms with van der Waals surface area (Å²) in [5.74, 6) is 0.642. The molecule has 0 bridgehead atoms. The Morgan fingerprint density at radius 3 is 2.55 bits per heavy atom. The van der Waals surface area contributed by atoms with Crippen LogP contribution in [0.2, 0.25) is 0 Å². The minimum atomic E-state index is -0.204. The van der Waals surface area contributed by atoms with Gasteiger partial charge in [0.05, 0.1) is 18.3 Å². The summed E-state index contributed by atoms with van der Waals surface area (Å²) in [6, 6.07) is 13.1. The van der Waals surface area contributed by atoms with Gasteiger partial charge in [-0.15, -0.1) is 0 Å². The second kappa shape index (κ2) is 9.23. The number of hydrogen-bond acceptors (Lipinski definition) is 2. The normalized spacial score (nSPS) is 17.9. The van der Waals surface area contributed by atoms with Crippen molar-refractivity contribution in [2.75, 3.05) is 13.7 Å². The van der Waals surface area contributed by atoms with Gasteiger partial charge in [-0.2, -0.15) is 0 Å². The van der Waals surface area contributed by atoms with Crippen molar-refractivity contribution in [2.24, 2.45) is 0 Å². The van der Waals surface area contributed by atoms with Gasteiger partial charge in [-0.1, -0.05) is 38.3 Å². The molecule has 0 saturated carbocycles. The number of rotatable bonds is 8. The van der Waals surface area contributed by atoms with Gasteiger partial charge in [0.2, 0.25) is 0 Å². The van der Waals surface area contributed by atoms with Gasteiger partial charge < -0.3 is 14.2 Å². The van der Waals surface area contributed by atoms with Crippen molar-refractivity contribution in [3.05, 3.63) is 71.3 Å². The van der Waals surface area contributed by atoms with Gasteiger partial charge in [0.1, 0.15) is 15.1 Å². The molecule has 0 spiro atoms. The minimum absolute atomic E-state index is 0.180. The maximum Gasteiger partial charge on any atom is 0.130 e. The molecule has 0 fully saturated rings. The topological polar surface area (TPSA) is 17.4 Å². The lowest BCUT2D eigenvalue weighted by molar-refractivity contribution is 0.261. The van der Waals surface area contributed by atoms with E-state index in [0.29, 0.717) is 6.54 Å². The van der Waals surface area contributed by atoms with Crippen molar-refractivity contribution in [1.29, 1.82) is 0 Å². The Morgan fingerprint density at radius 2 is 1.84 bits per heavy atom. The van der Waals surface area contributed by atoms with Crippen LogP contribution in [0.3, 0.4) is 0 Å². The van der Waals surface area contributed by atoms with Gasteiger partial charge in [0.25, 0.3) is 0 Å². The van der Waals surface area contributed by atoms with E-state index < -0.39 is 0 Å². The number of unbranched alkanes of at least 4 members (excludes halogenated alkanes) is 3. The highest BCUT2D eigenvalue weighted by atomic mass is 127. The molecule has 4 rings (SSSR count). The first kappa shape index (κ1) is 22.2. The highest BCUT2D eigenvalue weighted by Gasteiger charge is 2.37. The molecule has 5 heteroatoms. The van der Waals surface area contributed by atoms with Crippen LogP contribution in [0.1, 0.15) is 56.4 Å². The fraction of sp³-hybridized carbons (Fsp3) is 0.385. The molecule has 31 heavy (non-hydrogen) atoms. The average Bonchev–Trinajstić information content (AvgIpc) is 3.08. The molecule has 0 radical (unpaired) electrons. The fourth-order valence-corrected chi connectivity index (χ4v) is 5.50. The molecule has 0 N–H and O–H groups in total. The van der Waals surface area contributed by atoms with Crippen molar-refractivity contribution in [1.82, 2.24) is 9.47 Å². The molecule has 3 nitrogen and oxygen atoms in total. The largest absolute Gasteiger partial charge is 0.497 e. The Kier molecular flexibility index (Phi) is 6.60. The summed E-state index contributed by atoms with van der Waals surface area (Å²) in [5, 5.41) is 1.22. The second-order valence-corrected chi connectivity index (χ2v) is 10.5. The van der Waals surface area contributed by atoms with Crippen molar-refractivity contribution >= 4 is 39.6 Å². The zero-order valence-electron chi connectivity index (χ0n) is 18.5. The van der Waals surface area contributed by atoms with Gasteiger partial charge in [-0.3, -0.25) is 0 Å². The van der Waals surface area contributed by atoms with Crippen molar-refractivity contribution < 1.29 is 9.13 Å². The molecule has 3 aromatic rings. The van der Waals surface area contributed by atoms with Gasteiger partial charge >= 0.3 is 0 Å². The van der Waals surface area contributed by atoms with E-state index in [2.05, 4.69) is 70.3 Å². The summed E-state index contributed by atoms with van der Waals surface area (Å²) >= 11 is 2.59. The van der Waals surface area contributed by atoms with Crippen LogP contribution in [0.5, 0.6) is 5.75 Å². The number of aromatic nitrogens is 1. The van der Waals surface area contributed by atoms with E-state index in [9.17, 15) is 4.39 Å². The van der Waals surface area contributed by atoms with Crippen LogP contribution in [0.15, 0.2) is 48.7 Å². The number of hydrogen-bond donors (Lipinski definition) is 0. The standard InChI is InChI=1S/C26H30FIN2O/c1-4-5-6-7-15-29-16-14-23-22-13-12-21(31-3)17-24(22)30(25(23)26(29,2)28)18-19-8-10-20(27)11-9-19/h8-14,16-17H,4-7,15,18H2,1-3H3. The monoisotopic (exact) mass is 532 g/mol. The molecule has 0 amide bonds. The van der Waals surface area contributed by atoms with Crippen molar-refractivity contribution in [3.8, 4) is 5.75 Å². The van der Waals surface area contributed by atoms with Crippen molar-refractivity contribution in [2.45, 2.75) is 49.6 Å². The maximum atomic E-state index is 13.5. The Hall–Kier alpha value is -2.02. The van der Waals surface area contributed by atoms with Crippen LogP contribution >= 0.6 is 22.6 Å². The molecule has 0 saturated heterocycles. The molecule has 164 valence electrons. The first-order chi connectivity index (χ1) is 15.0. The van der Waals surface area contributed by atoms with E-state index in [1.807, 2.05) is 18.2 Å². The zero-order valence-corrected chi connectivity index (χ0v) is 20.7. The lowest BCUT2D eigenvalue weighted by Crippen LogP contribution is -2.39. The molecule has 1 aliphatic heterocycles. The maximum absolute atomic E-state index is 13.5. The lowest BCUT2D eigenvalue weighted by atomic mass is 10.0. The van der Waals surface area contributed by atoms with Crippen LogP contribution in [0.25, 0.3) is 17.0 Å². The van der Waals surface area contributed by atoms with E-state index in [-0.39, 0.29) is 9.36 Å². The Labute approximate surface area is 198 Å². The molecule has 2 heterocycles. The zero-order chi connectivity index (χ0) is 22.0. The second-order valence-electron chi connectivity index (χ2n) is 8.38. The summed E-state index contributed by atoms with van der Waals surface area (Å²) < 4.78 is 21.2. The summed E-state index contributed by atoms with van der Waals surface area (Å²) in [4.78, 5) is 2.46. The number of halogens is 2. The summed E-state index contributed by atoms with van der Waals surface area (Å²) in [6.45, 7) is 6.27. The third-order valence-electron chi connectivity index (χ3n) is 6.21. The lowest BCUT2D eigenvalue weighted by Gasteiger charge is -2.40. The SMILES string of the molecule is CCCCCCN1C=Cc2c(n(Cc3ccc(F)cc3)c3cc(OC)ccc23)C1(C)I. The van der Waals surface area contributed by atoms with Gasteiger partial charge in [0, 0.05) is 36.3 Å². The first-order valence-electron chi connectivity index (χ1n) is 11.0.